The van der Waals surface area contributed by atoms with Crippen molar-refractivity contribution in [3.8, 4) is 11.5 Å². The minimum absolute atomic E-state index is 0.0484. The topological polar surface area (TPSA) is 129 Å². The molecule has 0 aromatic heterocycles. The summed E-state index contributed by atoms with van der Waals surface area (Å²) in [7, 11) is 1.24. The van der Waals surface area contributed by atoms with Crippen LogP contribution < -0.4 is 20.1 Å². The minimum Gasteiger partial charge on any atom is -0.468 e. The Hall–Kier alpha value is -4.08. The summed E-state index contributed by atoms with van der Waals surface area (Å²) in [6.07, 6.45) is 0.395. The molecule has 1 aliphatic carbocycles. The lowest BCUT2D eigenvalue weighted by molar-refractivity contribution is -0.385. The third-order valence-corrected chi connectivity index (χ3v) is 6.25. The molecule has 2 heterocycles. The van der Waals surface area contributed by atoms with Gasteiger partial charge in [-0.05, 0) is 30.5 Å². The zero-order valence-electron chi connectivity index (χ0n) is 17.9. The van der Waals surface area contributed by atoms with Gasteiger partial charge in [0.2, 0.25) is 6.79 Å². The molecular weight excluding hydrogens is 430 g/mol. The Bertz CT molecular complexity index is 1220. The highest BCUT2D eigenvalue weighted by Crippen LogP contribution is 2.48. The number of allylic oxidation sites excluding steroid dienone is 1. The highest BCUT2D eigenvalue weighted by Gasteiger charge is 2.45. The van der Waals surface area contributed by atoms with Crippen LogP contribution in [0.3, 0.4) is 0 Å². The maximum Gasteiger partial charge on any atom is 0.316 e. The number of nitrogens with zero attached hydrogens (tertiary/aromatic N) is 1. The first-order valence-electron chi connectivity index (χ1n) is 10.4. The number of carbonyl (C=O) groups is 2. The van der Waals surface area contributed by atoms with Crippen LogP contribution in [0.5, 0.6) is 11.5 Å². The zero-order chi connectivity index (χ0) is 23.3. The summed E-state index contributed by atoms with van der Waals surface area (Å²) in [5.74, 6) is -1.75. The molecule has 3 atom stereocenters. The first kappa shape index (κ1) is 20.8. The number of anilines is 2. The molecule has 0 spiro atoms. The molecule has 2 N–H and O–H groups in total. The van der Waals surface area contributed by atoms with Crippen LogP contribution in [0.4, 0.5) is 17.1 Å². The molecule has 10 heteroatoms. The number of benzene rings is 2. The van der Waals surface area contributed by atoms with E-state index in [2.05, 4.69) is 10.6 Å². The van der Waals surface area contributed by atoms with Crippen molar-refractivity contribution < 1.29 is 28.7 Å². The van der Waals surface area contributed by atoms with E-state index in [1.807, 2.05) is 31.2 Å². The van der Waals surface area contributed by atoms with Crippen molar-refractivity contribution in [3.05, 3.63) is 63.3 Å². The molecule has 0 saturated heterocycles. The molecule has 2 aliphatic heterocycles. The molecule has 0 radical (unpaired) electrons. The third kappa shape index (κ3) is 3.34. The van der Waals surface area contributed by atoms with Crippen molar-refractivity contribution in [2.45, 2.75) is 19.4 Å². The van der Waals surface area contributed by atoms with Gasteiger partial charge in [-0.1, -0.05) is 19.1 Å². The van der Waals surface area contributed by atoms with Crippen LogP contribution in [0.2, 0.25) is 0 Å². The van der Waals surface area contributed by atoms with E-state index in [9.17, 15) is 19.7 Å². The molecule has 3 aliphatic rings. The summed E-state index contributed by atoms with van der Waals surface area (Å²) >= 11 is 0. The molecule has 0 bridgehead atoms. The lowest BCUT2D eigenvalue weighted by Gasteiger charge is -2.32. The highest BCUT2D eigenvalue weighted by molar-refractivity contribution is 6.11. The summed E-state index contributed by atoms with van der Waals surface area (Å²) < 4.78 is 15.7. The Labute approximate surface area is 188 Å². The average molecular weight is 451 g/mol. The Morgan fingerprint density at radius 1 is 1.18 bits per heavy atom. The molecule has 0 fully saturated rings. The van der Waals surface area contributed by atoms with Gasteiger partial charge in [0.05, 0.1) is 41.1 Å². The fourth-order valence-electron chi connectivity index (χ4n) is 4.70. The van der Waals surface area contributed by atoms with Gasteiger partial charge in [0.1, 0.15) is 5.92 Å². The molecule has 0 unspecified atom stereocenters. The summed E-state index contributed by atoms with van der Waals surface area (Å²) in [5.41, 5.74) is 2.29. The number of hydrogen-bond donors (Lipinski definition) is 2. The largest absolute Gasteiger partial charge is 0.468 e. The van der Waals surface area contributed by atoms with Crippen molar-refractivity contribution in [1.82, 2.24) is 0 Å². The molecule has 5 rings (SSSR count). The predicted octanol–water partition coefficient (Wildman–Crippen LogP) is 3.55. The van der Waals surface area contributed by atoms with Gasteiger partial charge in [0, 0.05) is 11.3 Å². The molecule has 0 amide bonds. The Morgan fingerprint density at radius 3 is 2.58 bits per heavy atom. The number of para-hydroxylation sites is 2. The van der Waals surface area contributed by atoms with Crippen LogP contribution >= 0.6 is 0 Å². The molecule has 33 heavy (non-hydrogen) atoms. The first-order chi connectivity index (χ1) is 15.9. The normalized spacial score (nSPS) is 23.0. The summed E-state index contributed by atoms with van der Waals surface area (Å²) in [5, 5.41) is 18.6. The van der Waals surface area contributed by atoms with Gasteiger partial charge >= 0.3 is 5.97 Å². The number of Topliss-reactive ketones (excluding diaryl/α,β-unsaturated/α-hetero) is 1. The fraction of sp³-hybridized carbons (Fsp3) is 0.304. The Balaban J connectivity index is 1.73. The maximum atomic E-state index is 13.7. The van der Waals surface area contributed by atoms with Crippen LogP contribution in [-0.4, -0.2) is 30.6 Å². The van der Waals surface area contributed by atoms with E-state index in [1.165, 1.54) is 19.2 Å². The molecule has 0 saturated carbocycles. The summed E-state index contributed by atoms with van der Waals surface area (Å²) in [6, 6.07) is 9.27. The van der Waals surface area contributed by atoms with Gasteiger partial charge in [0.25, 0.3) is 5.69 Å². The zero-order valence-corrected chi connectivity index (χ0v) is 17.9. The van der Waals surface area contributed by atoms with Crippen LogP contribution in [0, 0.1) is 22.0 Å². The maximum absolute atomic E-state index is 13.7. The molecule has 10 nitrogen and oxygen atoms in total. The minimum atomic E-state index is -1.01. The Morgan fingerprint density at radius 2 is 1.88 bits per heavy atom. The van der Waals surface area contributed by atoms with Gasteiger partial charge in [-0.25, -0.2) is 0 Å². The van der Waals surface area contributed by atoms with E-state index in [0.29, 0.717) is 23.6 Å². The van der Waals surface area contributed by atoms with Crippen molar-refractivity contribution in [3.63, 3.8) is 0 Å². The third-order valence-electron chi connectivity index (χ3n) is 6.25. The lowest BCUT2D eigenvalue weighted by Crippen LogP contribution is -2.39. The monoisotopic (exact) mass is 451 g/mol. The van der Waals surface area contributed by atoms with Gasteiger partial charge in [-0.2, -0.15) is 0 Å². The van der Waals surface area contributed by atoms with Crippen molar-refractivity contribution in [1.29, 1.82) is 0 Å². The number of hydrogen-bond acceptors (Lipinski definition) is 9. The smallest absolute Gasteiger partial charge is 0.316 e. The Kier molecular flexibility index (Phi) is 4.92. The van der Waals surface area contributed by atoms with Crippen LogP contribution in [-0.2, 0) is 14.3 Å². The number of fused-ring (bicyclic) bond motifs is 2. The van der Waals surface area contributed by atoms with Gasteiger partial charge in [0.15, 0.2) is 17.3 Å². The number of carbonyl (C=O) groups excluding carboxylic acids is 2. The standard InChI is InChI=1S/C23H21N3O7/c1-11-7-15-20(22(27)19(11)23(28)31-2)21(25-14-6-4-3-5-13(14)24-15)12-8-17-18(33-10-32-17)9-16(12)26(29)30/h3-6,8-9,11,19,21,24-25H,7,10H2,1-2H3/t11-,19-,21+/m0/s1. The van der Waals surface area contributed by atoms with Gasteiger partial charge in [-0.3, -0.25) is 19.7 Å². The van der Waals surface area contributed by atoms with Crippen molar-refractivity contribution >= 4 is 28.8 Å². The number of methoxy groups -OCH3 is 1. The molecule has 170 valence electrons. The number of nitro benzene ring substituents is 1. The van der Waals surface area contributed by atoms with E-state index in [1.54, 1.807) is 0 Å². The van der Waals surface area contributed by atoms with Crippen molar-refractivity contribution in [2.24, 2.45) is 11.8 Å². The van der Waals surface area contributed by atoms with Gasteiger partial charge < -0.3 is 24.8 Å². The molecular formula is C23H21N3O7. The first-order valence-corrected chi connectivity index (χ1v) is 10.4. The highest BCUT2D eigenvalue weighted by atomic mass is 16.7. The molecule has 2 aromatic carbocycles. The summed E-state index contributed by atoms with van der Waals surface area (Å²) in [4.78, 5) is 37.7. The quantitative estimate of drug-likeness (QED) is 0.311. The second-order valence-corrected chi connectivity index (χ2v) is 8.21. The van der Waals surface area contributed by atoms with Crippen molar-refractivity contribution in [2.75, 3.05) is 24.5 Å². The number of esters is 1. The number of rotatable bonds is 3. The van der Waals surface area contributed by atoms with E-state index in [0.717, 1.165) is 5.69 Å². The second kappa shape index (κ2) is 7.80. The van der Waals surface area contributed by atoms with E-state index < -0.39 is 28.6 Å². The fourth-order valence-corrected chi connectivity index (χ4v) is 4.70. The number of ether oxygens (including phenoxy) is 3. The van der Waals surface area contributed by atoms with E-state index >= 15 is 0 Å². The van der Waals surface area contributed by atoms with Crippen LogP contribution in [0.1, 0.15) is 24.9 Å². The van der Waals surface area contributed by atoms with E-state index in [4.69, 9.17) is 14.2 Å². The van der Waals surface area contributed by atoms with Crippen LogP contribution in [0.25, 0.3) is 0 Å². The van der Waals surface area contributed by atoms with Crippen LogP contribution in [0.15, 0.2) is 47.7 Å². The number of nitrogens with one attached hydrogen (secondary N) is 2. The van der Waals surface area contributed by atoms with Gasteiger partial charge in [-0.15, -0.1) is 0 Å². The lowest BCUT2D eigenvalue weighted by atomic mass is 9.74. The molecule has 2 aromatic rings. The average Bonchev–Trinajstić information content (AvgIpc) is 3.18. The predicted molar refractivity (Wildman–Crippen MR) is 117 cm³/mol. The number of ketones is 1. The summed E-state index contributed by atoms with van der Waals surface area (Å²) in [6.45, 7) is 1.76. The number of nitro groups is 1. The SMILES string of the molecule is COC(=O)[C@@H]1C(=O)C2=C(C[C@@H]1C)Nc1ccccc1N[C@@H]2c1cc2c(cc1[N+](=O)[O-])OCO2. The second-order valence-electron chi connectivity index (χ2n) is 8.21. The van der Waals surface area contributed by atoms with E-state index in [-0.39, 0.29) is 35.3 Å².